The Morgan fingerprint density at radius 1 is 1.18 bits per heavy atom. The summed E-state index contributed by atoms with van der Waals surface area (Å²) >= 11 is 0. The Morgan fingerprint density at radius 3 is 2.50 bits per heavy atom. The van der Waals surface area contributed by atoms with Crippen LogP contribution >= 0.6 is 0 Å². The van der Waals surface area contributed by atoms with Crippen LogP contribution in [0.2, 0.25) is 0 Å². The molecule has 2 aromatic carbocycles. The Labute approximate surface area is 163 Å². The molecular formula is C21H22FN3O3. The molecule has 7 heteroatoms. The van der Waals surface area contributed by atoms with Crippen molar-refractivity contribution in [2.75, 3.05) is 14.1 Å². The molecule has 1 heterocycles. The second kappa shape index (κ2) is 8.65. The lowest BCUT2D eigenvalue weighted by Crippen LogP contribution is -2.50. The van der Waals surface area contributed by atoms with Crippen molar-refractivity contribution in [2.24, 2.45) is 5.16 Å². The molecule has 2 amide bonds. The van der Waals surface area contributed by atoms with Gasteiger partial charge in [-0.05, 0) is 23.3 Å². The van der Waals surface area contributed by atoms with E-state index in [9.17, 15) is 14.0 Å². The second-order valence-electron chi connectivity index (χ2n) is 6.83. The molecular weight excluding hydrogens is 361 g/mol. The largest absolute Gasteiger partial charge is 0.382 e. The van der Waals surface area contributed by atoms with Gasteiger partial charge in [0, 0.05) is 26.9 Å². The average molecular weight is 383 g/mol. The molecule has 3 rings (SSSR count). The van der Waals surface area contributed by atoms with Crippen LogP contribution in [0.25, 0.3) is 0 Å². The molecule has 0 spiro atoms. The molecule has 0 aliphatic carbocycles. The molecule has 0 bridgehead atoms. The predicted molar refractivity (Wildman–Crippen MR) is 103 cm³/mol. The molecule has 146 valence electrons. The van der Waals surface area contributed by atoms with Crippen LogP contribution in [0.5, 0.6) is 0 Å². The molecule has 0 radical (unpaired) electrons. The Kier molecular flexibility index (Phi) is 6.03. The molecule has 0 aromatic heterocycles. The smallest absolute Gasteiger partial charge is 0.265 e. The summed E-state index contributed by atoms with van der Waals surface area (Å²) in [6, 6.07) is 14.6. The van der Waals surface area contributed by atoms with Gasteiger partial charge in [-0.3, -0.25) is 9.59 Å². The first-order valence-corrected chi connectivity index (χ1v) is 8.98. The zero-order valence-electron chi connectivity index (χ0n) is 15.8. The van der Waals surface area contributed by atoms with Gasteiger partial charge in [-0.25, -0.2) is 4.39 Å². The highest BCUT2D eigenvalue weighted by Gasteiger charge is 2.32. The van der Waals surface area contributed by atoms with Gasteiger partial charge in [-0.2, -0.15) is 0 Å². The lowest BCUT2D eigenvalue weighted by atomic mass is 10.0. The summed E-state index contributed by atoms with van der Waals surface area (Å²) in [4.78, 5) is 31.9. The van der Waals surface area contributed by atoms with Crippen molar-refractivity contribution in [1.29, 1.82) is 0 Å². The molecule has 1 aliphatic heterocycles. The molecule has 1 aliphatic rings. The minimum atomic E-state index is -0.826. The number of oxime groups is 1. The lowest BCUT2D eigenvalue weighted by molar-refractivity contribution is -0.138. The highest BCUT2D eigenvalue weighted by molar-refractivity contribution is 6.04. The van der Waals surface area contributed by atoms with Gasteiger partial charge in [0.1, 0.15) is 11.9 Å². The zero-order valence-corrected chi connectivity index (χ0v) is 15.8. The van der Waals surface area contributed by atoms with Gasteiger partial charge >= 0.3 is 0 Å². The van der Waals surface area contributed by atoms with Crippen LogP contribution in [-0.2, 0) is 20.8 Å². The number of amides is 2. The van der Waals surface area contributed by atoms with Gasteiger partial charge < -0.3 is 15.1 Å². The van der Waals surface area contributed by atoms with Crippen LogP contribution in [0.3, 0.4) is 0 Å². The third-order valence-corrected chi connectivity index (χ3v) is 4.48. The average Bonchev–Trinajstić information content (AvgIpc) is 3.18. The first-order valence-electron chi connectivity index (χ1n) is 8.98. The van der Waals surface area contributed by atoms with Gasteiger partial charge in [-0.15, -0.1) is 0 Å². The van der Waals surface area contributed by atoms with E-state index in [0.717, 1.165) is 5.56 Å². The summed E-state index contributed by atoms with van der Waals surface area (Å²) in [6.07, 6.45) is -0.193. The predicted octanol–water partition coefficient (Wildman–Crippen LogP) is 2.13. The maximum absolute atomic E-state index is 13.1. The van der Waals surface area contributed by atoms with Crippen molar-refractivity contribution in [3.8, 4) is 0 Å². The number of carbonyl (C=O) groups excluding carboxylic acids is 2. The SMILES string of the molecule is CN(C)C(=O)[C@@H](Cc1ccccc1)NC(=O)[C@H]1CC(c2ccc(F)cc2)=NO1. The van der Waals surface area contributed by atoms with Gasteiger partial charge in [-0.1, -0.05) is 47.6 Å². The summed E-state index contributed by atoms with van der Waals surface area (Å²) < 4.78 is 13.1. The second-order valence-corrected chi connectivity index (χ2v) is 6.83. The van der Waals surface area contributed by atoms with E-state index in [1.54, 1.807) is 26.2 Å². The van der Waals surface area contributed by atoms with Crippen molar-refractivity contribution in [2.45, 2.75) is 25.0 Å². The minimum Gasteiger partial charge on any atom is -0.382 e. The minimum absolute atomic E-state index is 0.199. The number of nitrogens with one attached hydrogen (secondary N) is 1. The third kappa shape index (κ3) is 4.73. The first kappa shape index (κ1) is 19.5. The molecule has 1 N–H and O–H groups in total. The van der Waals surface area contributed by atoms with E-state index in [2.05, 4.69) is 10.5 Å². The van der Waals surface area contributed by atoms with Crippen LogP contribution in [0.4, 0.5) is 4.39 Å². The number of nitrogens with zero attached hydrogens (tertiary/aromatic N) is 2. The van der Waals surface area contributed by atoms with Crippen molar-refractivity contribution in [3.05, 3.63) is 71.5 Å². The van der Waals surface area contributed by atoms with Gasteiger partial charge in [0.25, 0.3) is 5.91 Å². The van der Waals surface area contributed by atoms with Crippen LogP contribution in [-0.4, -0.2) is 48.7 Å². The van der Waals surface area contributed by atoms with Crippen LogP contribution in [0.1, 0.15) is 17.5 Å². The fourth-order valence-electron chi connectivity index (χ4n) is 2.96. The number of hydrogen-bond acceptors (Lipinski definition) is 4. The van der Waals surface area contributed by atoms with Crippen molar-refractivity contribution < 1.29 is 18.8 Å². The van der Waals surface area contributed by atoms with Gasteiger partial charge in [0.05, 0.1) is 5.71 Å². The fraction of sp³-hybridized carbons (Fsp3) is 0.286. The molecule has 0 fully saturated rings. The summed E-state index contributed by atoms with van der Waals surface area (Å²) in [7, 11) is 3.29. The van der Waals surface area contributed by atoms with Crippen molar-refractivity contribution in [3.63, 3.8) is 0 Å². The highest BCUT2D eigenvalue weighted by Crippen LogP contribution is 2.18. The van der Waals surface area contributed by atoms with E-state index >= 15 is 0 Å². The summed E-state index contributed by atoms with van der Waals surface area (Å²) in [5.74, 6) is -0.949. The fourth-order valence-corrected chi connectivity index (χ4v) is 2.96. The topological polar surface area (TPSA) is 71.0 Å². The molecule has 0 saturated carbocycles. The third-order valence-electron chi connectivity index (χ3n) is 4.48. The molecule has 28 heavy (non-hydrogen) atoms. The summed E-state index contributed by atoms with van der Waals surface area (Å²) in [6.45, 7) is 0. The van der Waals surface area contributed by atoms with Crippen LogP contribution in [0.15, 0.2) is 59.8 Å². The van der Waals surface area contributed by atoms with E-state index in [-0.39, 0.29) is 18.1 Å². The van der Waals surface area contributed by atoms with E-state index in [1.165, 1.54) is 17.0 Å². The van der Waals surface area contributed by atoms with Crippen LogP contribution < -0.4 is 5.32 Å². The van der Waals surface area contributed by atoms with Crippen LogP contribution in [0, 0.1) is 5.82 Å². The van der Waals surface area contributed by atoms with Crippen molar-refractivity contribution >= 4 is 17.5 Å². The maximum atomic E-state index is 13.1. The number of benzene rings is 2. The molecule has 0 saturated heterocycles. The van der Waals surface area contributed by atoms with Gasteiger partial charge in [0.2, 0.25) is 12.0 Å². The Morgan fingerprint density at radius 2 is 1.86 bits per heavy atom. The van der Waals surface area contributed by atoms with Crippen molar-refractivity contribution in [1.82, 2.24) is 10.2 Å². The Bertz CT molecular complexity index is 866. The molecule has 0 unspecified atom stereocenters. The van der Waals surface area contributed by atoms with E-state index in [1.807, 2.05) is 30.3 Å². The standard InChI is InChI=1S/C21H22FN3O3/c1-25(2)21(27)18(12-14-6-4-3-5-7-14)23-20(26)19-13-17(24-28-19)15-8-10-16(22)11-9-15/h3-11,18-19H,12-13H2,1-2H3,(H,23,26)/t18-,19-/m1/s1. The quantitative estimate of drug-likeness (QED) is 0.831. The number of carbonyl (C=O) groups is 2. The maximum Gasteiger partial charge on any atom is 0.265 e. The Hall–Kier alpha value is -3.22. The van der Waals surface area contributed by atoms with E-state index < -0.39 is 18.1 Å². The molecule has 6 nitrogen and oxygen atoms in total. The van der Waals surface area contributed by atoms with E-state index in [4.69, 9.17) is 4.84 Å². The number of halogens is 1. The zero-order chi connectivity index (χ0) is 20.1. The number of rotatable bonds is 6. The monoisotopic (exact) mass is 383 g/mol. The molecule has 2 atom stereocenters. The molecule has 2 aromatic rings. The van der Waals surface area contributed by atoms with Gasteiger partial charge in [0.15, 0.2) is 0 Å². The number of likely N-dealkylation sites (N-methyl/N-ethyl adjacent to an activating group) is 1. The summed E-state index contributed by atoms with van der Waals surface area (Å²) in [5.41, 5.74) is 2.21. The highest BCUT2D eigenvalue weighted by atomic mass is 19.1. The lowest BCUT2D eigenvalue weighted by Gasteiger charge is -2.23. The first-order chi connectivity index (χ1) is 13.4. The number of hydrogen-bond donors (Lipinski definition) is 1. The summed E-state index contributed by atoms with van der Waals surface area (Å²) in [5, 5.41) is 6.73. The normalized spacial score (nSPS) is 16.7. The Balaban J connectivity index is 1.65. The van der Waals surface area contributed by atoms with E-state index in [0.29, 0.717) is 17.7 Å².